The van der Waals surface area contributed by atoms with E-state index in [0.29, 0.717) is 44.2 Å². The zero-order chi connectivity index (χ0) is 21.8. The first-order valence-electron chi connectivity index (χ1n) is 9.79. The largest absolute Gasteiger partial charge is 0.573 e. The molecule has 0 saturated carbocycles. The summed E-state index contributed by atoms with van der Waals surface area (Å²) in [5.41, 5.74) is 1.74. The molecule has 0 bridgehead atoms. The van der Waals surface area contributed by atoms with Crippen LogP contribution in [-0.4, -0.2) is 55.0 Å². The number of amides is 1. The molecule has 1 fully saturated rings. The van der Waals surface area contributed by atoms with E-state index in [9.17, 15) is 18.0 Å². The molecule has 4 rings (SSSR count). The molecule has 2 aliphatic heterocycles. The fraction of sp³-hybridized carbons (Fsp3) is 0.318. The Morgan fingerprint density at radius 1 is 1.00 bits per heavy atom. The van der Waals surface area contributed by atoms with Crippen LogP contribution in [0.15, 0.2) is 48.5 Å². The van der Waals surface area contributed by atoms with Gasteiger partial charge in [0.2, 0.25) is 12.7 Å². The first-order chi connectivity index (χ1) is 14.9. The highest BCUT2D eigenvalue weighted by Gasteiger charge is 2.31. The Morgan fingerprint density at radius 2 is 1.71 bits per heavy atom. The summed E-state index contributed by atoms with van der Waals surface area (Å²) in [4.78, 5) is 16.4. The molecule has 2 aliphatic rings. The number of carbonyl (C=O) groups excluding carboxylic acids is 1. The van der Waals surface area contributed by atoms with Gasteiger partial charge in [-0.1, -0.05) is 18.2 Å². The van der Waals surface area contributed by atoms with Crippen LogP contribution in [0.1, 0.15) is 11.1 Å². The van der Waals surface area contributed by atoms with Crippen LogP contribution in [0.4, 0.5) is 13.2 Å². The van der Waals surface area contributed by atoms with E-state index >= 15 is 0 Å². The second kappa shape index (κ2) is 8.89. The Kier molecular flexibility index (Phi) is 6.03. The number of piperazine rings is 1. The van der Waals surface area contributed by atoms with Gasteiger partial charge >= 0.3 is 6.36 Å². The van der Waals surface area contributed by atoms with Crippen molar-refractivity contribution in [2.75, 3.05) is 33.0 Å². The molecule has 2 aromatic carbocycles. The van der Waals surface area contributed by atoms with Gasteiger partial charge in [-0.2, -0.15) is 0 Å². The van der Waals surface area contributed by atoms with Gasteiger partial charge in [0, 0.05) is 38.8 Å². The van der Waals surface area contributed by atoms with Crippen LogP contribution in [0.5, 0.6) is 17.2 Å². The number of hydrogen-bond acceptors (Lipinski definition) is 5. The van der Waals surface area contributed by atoms with Crippen LogP contribution in [0.25, 0.3) is 6.08 Å². The summed E-state index contributed by atoms with van der Waals surface area (Å²) < 4.78 is 51.2. The fourth-order valence-electron chi connectivity index (χ4n) is 3.47. The lowest BCUT2D eigenvalue weighted by Crippen LogP contribution is -2.47. The Morgan fingerprint density at radius 3 is 2.42 bits per heavy atom. The predicted molar refractivity (Wildman–Crippen MR) is 107 cm³/mol. The molecule has 31 heavy (non-hydrogen) atoms. The van der Waals surface area contributed by atoms with E-state index in [-0.39, 0.29) is 18.4 Å². The summed E-state index contributed by atoms with van der Waals surface area (Å²) in [5, 5.41) is 0. The predicted octanol–water partition coefficient (Wildman–Crippen LogP) is 3.67. The van der Waals surface area contributed by atoms with Crippen LogP contribution in [-0.2, 0) is 11.3 Å². The third-order valence-electron chi connectivity index (χ3n) is 5.06. The maximum absolute atomic E-state index is 12.5. The fourth-order valence-corrected chi connectivity index (χ4v) is 3.47. The van der Waals surface area contributed by atoms with Gasteiger partial charge in [-0.25, -0.2) is 0 Å². The smallest absolute Gasteiger partial charge is 0.454 e. The van der Waals surface area contributed by atoms with Crippen molar-refractivity contribution >= 4 is 12.0 Å². The summed E-state index contributed by atoms with van der Waals surface area (Å²) in [6.45, 7) is 3.34. The lowest BCUT2D eigenvalue weighted by molar-refractivity contribution is -0.274. The summed E-state index contributed by atoms with van der Waals surface area (Å²) in [5.74, 6) is 1.07. The van der Waals surface area contributed by atoms with Gasteiger partial charge in [-0.3, -0.25) is 9.69 Å². The van der Waals surface area contributed by atoms with Gasteiger partial charge in [0.25, 0.3) is 0 Å². The summed E-state index contributed by atoms with van der Waals surface area (Å²) in [6, 6.07) is 11.4. The maximum atomic E-state index is 12.5. The molecule has 0 aromatic heterocycles. The standard InChI is InChI=1S/C22H21F3N2O4/c23-22(24,25)31-18-5-1-17(2-6-18)14-26-9-11-27(12-10-26)21(28)8-4-16-3-7-19-20(13-16)30-15-29-19/h1-8,13H,9-12,14-15H2/b8-4+. The van der Waals surface area contributed by atoms with Crippen molar-refractivity contribution in [1.82, 2.24) is 9.80 Å². The second-order valence-electron chi connectivity index (χ2n) is 7.24. The lowest BCUT2D eigenvalue weighted by atomic mass is 10.1. The van der Waals surface area contributed by atoms with Gasteiger partial charge in [-0.15, -0.1) is 13.2 Å². The van der Waals surface area contributed by atoms with Gasteiger partial charge < -0.3 is 19.1 Å². The molecule has 0 radical (unpaired) electrons. The number of hydrogen-bond donors (Lipinski definition) is 0. The molecule has 1 saturated heterocycles. The minimum atomic E-state index is -4.69. The summed E-state index contributed by atoms with van der Waals surface area (Å²) in [6.07, 6.45) is -1.39. The van der Waals surface area contributed by atoms with Crippen LogP contribution in [0.3, 0.4) is 0 Å². The highest BCUT2D eigenvalue weighted by molar-refractivity contribution is 5.92. The van der Waals surface area contributed by atoms with E-state index in [1.165, 1.54) is 12.1 Å². The van der Waals surface area contributed by atoms with E-state index in [1.54, 1.807) is 29.2 Å². The molecule has 0 unspecified atom stereocenters. The second-order valence-corrected chi connectivity index (χ2v) is 7.24. The molecule has 2 heterocycles. The highest BCUT2D eigenvalue weighted by Crippen LogP contribution is 2.32. The molecule has 6 nitrogen and oxygen atoms in total. The lowest BCUT2D eigenvalue weighted by Gasteiger charge is -2.34. The van der Waals surface area contributed by atoms with E-state index in [1.807, 2.05) is 18.2 Å². The topological polar surface area (TPSA) is 51.2 Å². The minimum Gasteiger partial charge on any atom is -0.454 e. The normalized spacial score (nSPS) is 16.7. The Labute approximate surface area is 177 Å². The van der Waals surface area contributed by atoms with Gasteiger partial charge in [0.1, 0.15) is 5.75 Å². The van der Waals surface area contributed by atoms with E-state index in [2.05, 4.69) is 9.64 Å². The van der Waals surface area contributed by atoms with Crippen molar-refractivity contribution < 1.29 is 32.2 Å². The van der Waals surface area contributed by atoms with E-state index in [0.717, 1.165) is 11.1 Å². The van der Waals surface area contributed by atoms with Gasteiger partial charge in [-0.05, 0) is 41.5 Å². The van der Waals surface area contributed by atoms with Crippen molar-refractivity contribution in [2.45, 2.75) is 12.9 Å². The molecular weight excluding hydrogens is 413 g/mol. The number of benzene rings is 2. The molecule has 9 heteroatoms. The molecule has 164 valence electrons. The quantitative estimate of drug-likeness (QED) is 0.673. The molecule has 0 spiro atoms. The molecule has 0 atom stereocenters. The van der Waals surface area contributed by atoms with E-state index < -0.39 is 6.36 Å². The molecular formula is C22H21F3N2O4. The number of alkyl halides is 3. The number of fused-ring (bicyclic) bond motifs is 1. The molecule has 0 N–H and O–H groups in total. The minimum absolute atomic E-state index is 0.0639. The number of ether oxygens (including phenoxy) is 3. The number of halogens is 3. The Balaban J connectivity index is 1.25. The van der Waals surface area contributed by atoms with Crippen molar-refractivity contribution in [3.05, 3.63) is 59.7 Å². The summed E-state index contributed by atoms with van der Waals surface area (Å²) >= 11 is 0. The van der Waals surface area contributed by atoms with Crippen molar-refractivity contribution in [1.29, 1.82) is 0 Å². The monoisotopic (exact) mass is 434 g/mol. The Hall–Kier alpha value is -3.20. The van der Waals surface area contributed by atoms with Crippen LogP contribution >= 0.6 is 0 Å². The van der Waals surface area contributed by atoms with Crippen molar-refractivity contribution in [2.24, 2.45) is 0 Å². The van der Waals surface area contributed by atoms with E-state index in [4.69, 9.17) is 9.47 Å². The number of rotatable bonds is 5. The molecule has 0 aliphatic carbocycles. The SMILES string of the molecule is O=C(/C=C/c1ccc2c(c1)OCO2)N1CCN(Cc2ccc(OC(F)(F)F)cc2)CC1. The average Bonchev–Trinajstić information content (AvgIpc) is 3.21. The van der Waals surface area contributed by atoms with Gasteiger partial charge in [0.15, 0.2) is 11.5 Å². The molecule has 1 amide bonds. The van der Waals surface area contributed by atoms with Crippen LogP contribution in [0.2, 0.25) is 0 Å². The van der Waals surface area contributed by atoms with Gasteiger partial charge in [0.05, 0.1) is 0 Å². The zero-order valence-electron chi connectivity index (χ0n) is 16.6. The number of nitrogens with zero attached hydrogens (tertiary/aromatic N) is 2. The zero-order valence-corrected chi connectivity index (χ0v) is 16.6. The average molecular weight is 434 g/mol. The van der Waals surface area contributed by atoms with Crippen LogP contribution in [0, 0.1) is 0 Å². The van der Waals surface area contributed by atoms with Crippen molar-refractivity contribution in [3.63, 3.8) is 0 Å². The maximum Gasteiger partial charge on any atom is 0.573 e. The van der Waals surface area contributed by atoms with Crippen LogP contribution < -0.4 is 14.2 Å². The summed E-state index contributed by atoms with van der Waals surface area (Å²) in [7, 11) is 0. The number of carbonyl (C=O) groups is 1. The first-order valence-corrected chi connectivity index (χ1v) is 9.79. The first kappa shape index (κ1) is 21.0. The third kappa shape index (κ3) is 5.69. The van der Waals surface area contributed by atoms with Crippen molar-refractivity contribution in [3.8, 4) is 17.2 Å². The Bertz CT molecular complexity index is 952. The highest BCUT2D eigenvalue weighted by atomic mass is 19.4. The molecule has 2 aromatic rings. The third-order valence-corrected chi connectivity index (χ3v) is 5.06.